The summed E-state index contributed by atoms with van der Waals surface area (Å²) >= 11 is 0. The molecule has 0 aromatic heterocycles. The lowest BCUT2D eigenvalue weighted by molar-refractivity contribution is -0.148. The number of esters is 1. The summed E-state index contributed by atoms with van der Waals surface area (Å²) < 4.78 is 10.3. The molecule has 1 atom stereocenters. The van der Waals surface area contributed by atoms with Gasteiger partial charge in [0.05, 0.1) is 14.2 Å². The van der Waals surface area contributed by atoms with Crippen LogP contribution in [0.15, 0.2) is 18.2 Å². The van der Waals surface area contributed by atoms with Crippen LogP contribution >= 0.6 is 0 Å². The minimum Gasteiger partial charge on any atom is -0.496 e. The zero-order valence-corrected chi connectivity index (χ0v) is 12.5. The Kier molecular flexibility index (Phi) is 5.01. The van der Waals surface area contributed by atoms with E-state index in [1.54, 1.807) is 7.11 Å². The molecule has 0 amide bonds. The van der Waals surface area contributed by atoms with E-state index >= 15 is 0 Å². The topological polar surface area (TPSA) is 38.8 Å². The Hall–Kier alpha value is -1.55. The summed E-state index contributed by atoms with van der Waals surface area (Å²) in [4.78, 5) is 14.1. The van der Waals surface area contributed by atoms with E-state index in [4.69, 9.17) is 9.47 Å². The van der Waals surface area contributed by atoms with Crippen LogP contribution in [-0.2, 0) is 16.1 Å². The number of hydrogen-bond donors (Lipinski definition) is 0. The number of piperidine rings is 1. The quantitative estimate of drug-likeness (QED) is 0.793. The number of hydrogen-bond acceptors (Lipinski definition) is 4. The molecule has 110 valence electrons. The number of methoxy groups -OCH3 is 2. The molecule has 0 bridgehead atoms. The zero-order chi connectivity index (χ0) is 14.5. The fourth-order valence-corrected chi connectivity index (χ4v) is 2.83. The van der Waals surface area contributed by atoms with Crippen LogP contribution in [0.25, 0.3) is 0 Å². The predicted molar refractivity (Wildman–Crippen MR) is 77.8 cm³/mol. The lowest BCUT2D eigenvalue weighted by Crippen LogP contribution is -2.44. The molecule has 1 aliphatic rings. The average molecular weight is 277 g/mol. The molecule has 20 heavy (non-hydrogen) atoms. The maximum atomic E-state index is 11.9. The van der Waals surface area contributed by atoms with E-state index in [0.717, 1.165) is 43.7 Å². The number of nitrogens with zero attached hydrogens (tertiary/aromatic N) is 1. The molecular formula is C16H23NO3. The van der Waals surface area contributed by atoms with Crippen LogP contribution in [0.2, 0.25) is 0 Å². The number of carbonyl (C=O) groups excluding carboxylic acids is 1. The molecule has 2 rings (SSSR count). The summed E-state index contributed by atoms with van der Waals surface area (Å²) in [6.45, 7) is 3.72. The minimum absolute atomic E-state index is 0.126. The van der Waals surface area contributed by atoms with Gasteiger partial charge >= 0.3 is 5.97 Å². The second kappa shape index (κ2) is 6.75. The second-order valence-electron chi connectivity index (χ2n) is 5.32. The van der Waals surface area contributed by atoms with Gasteiger partial charge in [0.1, 0.15) is 11.8 Å². The summed E-state index contributed by atoms with van der Waals surface area (Å²) in [6, 6.07) is 6.03. The zero-order valence-electron chi connectivity index (χ0n) is 12.5. The molecular weight excluding hydrogens is 254 g/mol. The van der Waals surface area contributed by atoms with Crippen LogP contribution in [0.1, 0.15) is 30.4 Å². The normalized spacial score (nSPS) is 19.6. The van der Waals surface area contributed by atoms with Gasteiger partial charge in [-0.05, 0) is 32.4 Å². The van der Waals surface area contributed by atoms with E-state index in [9.17, 15) is 4.79 Å². The minimum atomic E-state index is -0.128. The molecule has 0 spiro atoms. The first-order valence-electron chi connectivity index (χ1n) is 7.11. The Balaban J connectivity index is 2.18. The monoisotopic (exact) mass is 277 g/mol. The molecule has 4 heteroatoms. The van der Waals surface area contributed by atoms with Gasteiger partial charge in [-0.15, -0.1) is 0 Å². The van der Waals surface area contributed by atoms with Crippen LogP contribution in [0, 0.1) is 6.92 Å². The van der Waals surface area contributed by atoms with Crippen LogP contribution in [0.5, 0.6) is 5.75 Å². The highest BCUT2D eigenvalue weighted by Gasteiger charge is 2.29. The summed E-state index contributed by atoms with van der Waals surface area (Å²) in [5, 5.41) is 0. The van der Waals surface area contributed by atoms with E-state index in [0.29, 0.717) is 0 Å². The largest absolute Gasteiger partial charge is 0.496 e. The molecule has 1 aromatic carbocycles. The summed E-state index contributed by atoms with van der Waals surface area (Å²) in [5.74, 6) is 0.751. The molecule has 1 aromatic rings. The molecule has 1 heterocycles. The fourth-order valence-electron chi connectivity index (χ4n) is 2.83. The van der Waals surface area contributed by atoms with Crippen LogP contribution in [0.3, 0.4) is 0 Å². The van der Waals surface area contributed by atoms with Crippen molar-refractivity contribution in [3.63, 3.8) is 0 Å². The molecule has 1 aliphatic heterocycles. The third kappa shape index (κ3) is 3.31. The van der Waals surface area contributed by atoms with Crippen molar-refractivity contribution < 1.29 is 14.3 Å². The molecule has 1 unspecified atom stereocenters. The Bertz CT molecular complexity index is 473. The van der Waals surface area contributed by atoms with Crippen molar-refractivity contribution in [2.75, 3.05) is 20.8 Å². The third-order valence-corrected chi connectivity index (χ3v) is 3.90. The first kappa shape index (κ1) is 14.9. The van der Waals surface area contributed by atoms with Crippen LogP contribution in [0.4, 0.5) is 0 Å². The smallest absolute Gasteiger partial charge is 0.323 e. The number of carbonyl (C=O) groups is 1. The molecule has 0 radical (unpaired) electrons. The molecule has 0 N–H and O–H groups in total. The van der Waals surface area contributed by atoms with Gasteiger partial charge in [-0.1, -0.05) is 24.1 Å². The number of rotatable bonds is 4. The maximum absolute atomic E-state index is 11.9. The van der Waals surface area contributed by atoms with Crippen molar-refractivity contribution in [3.05, 3.63) is 29.3 Å². The van der Waals surface area contributed by atoms with Crippen LogP contribution in [-0.4, -0.2) is 37.7 Å². The Morgan fingerprint density at radius 2 is 2.15 bits per heavy atom. The van der Waals surface area contributed by atoms with Crippen molar-refractivity contribution in [1.29, 1.82) is 0 Å². The van der Waals surface area contributed by atoms with E-state index in [2.05, 4.69) is 17.9 Å². The lowest BCUT2D eigenvalue weighted by atomic mass is 10.0. The summed E-state index contributed by atoms with van der Waals surface area (Å²) in [7, 11) is 3.14. The Labute approximate surface area is 120 Å². The number of benzene rings is 1. The number of ether oxygens (including phenoxy) is 2. The molecule has 1 saturated heterocycles. The number of aryl methyl sites for hydroxylation is 1. The highest BCUT2D eigenvalue weighted by Crippen LogP contribution is 2.26. The average Bonchev–Trinajstić information content (AvgIpc) is 2.47. The Morgan fingerprint density at radius 3 is 2.85 bits per heavy atom. The van der Waals surface area contributed by atoms with Crippen molar-refractivity contribution >= 4 is 5.97 Å². The summed E-state index contributed by atoms with van der Waals surface area (Å²) in [6.07, 6.45) is 3.09. The van der Waals surface area contributed by atoms with Gasteiger partial charge in [0.15, 0.2) is 0 Å². The Morgan fingerprint density at radius 1 is 1.35 bits per heavy atom. The van der Waals surface area contributed by atoms with Gasteiger partial charge in [0.2, 0.25) is 0 Å². The van der Waals surface area contributed by atoms with Gasteiger partial charge in [-0.2, -0.15) is 0 Å². The maximum Gasteiger partial charge on any atom is 0.323 e. The van der Waals surface area contributed by atoms with Gasteiger partial charge in [-0.3, -0.25) is 9.69 Å². The van der Waals surface area contributed by atoms with Gasteiger partial charge in [0, 0.05) is 12.1 Å². The van der Waals surface area contributed by atoms with Crippen molar-refractivity contribution in [1.82, 2.24) is 4.90 Å². The second-order valence-corrected chi connectivity index (χ2v) is 5.32. The van der Waals surface area contributed by atoms with E-state index < -0.39 is 0 Å². The van der Waals surface area contributed by atoms with E-state index in [1.807, 2.05) is 12.1 Å². The first-order valence-corrected chi connectivity index (χ1v) is 7.11. The van der Waals surface area contributed by atoms with Crippen LogP contribution < -0.4 is 4.74 Å². The highest BCUT2D eigenvalue weighted by molar-refractivity contribution is 5.75. The van der Waals surface area contributed by atoms with E-state index in [-0.39, 0.29) is 12.0 Å². The lowest BCUT2D eigenvalue weighted by Gasteiger charge is -2.34. The third-order valence-electron chi connectivity index (χ3n) is 3.90. The fraction of sp³-hybridized carbons (Fsp3) is 0.562. The molecule has 0 aliphatic carbocycles. The van der Waals surface area contributed by atoms with Crippen molar-refractivity contribution in [2.45, 2.75) is 38.8 Å². The van der Waals surface area contributed by atoms with Gasteiger partial charge < -0.3 is 9.47 Å². The number of likely N-dealkylation sites (tertiary alicyclic amines) is 1. The molecule has 4 nitrogen and oxygen atoms in total. The highest BCUT2D eigenvalue weighted by atomic mass is 16.5. The summed E-state index contributed by atoms with van der Waals surface area (Å²) in [5.41, 5.74) is 2.33. The predicted octanol–water partition coefficient (Wildman–Crippen LogP) is 2.53. The van der Waals surface area contributed by atoms with E-state index in [1.165, 1.54) is 12.7 Å². The van der Waals surface area contributed by atoms with Gasteiger partial charge in [0.25, 0.3) is 0 Å². The SMILES string of the molecule is COC(=O)C1CCCCN1Cc1cc(C)ccc1OC. The molecule has 1 fully saturated rings. The van der Waals surface area contributed by atoms with Crippen molar-refractivity contribution in [2.24, 2.45) is 0 Å². The standard InChI is InChI=1S/C16H23NO3/c1-12-7-8-15(19-2)13(10-12)11-17-9-5-4-6-14(17)16(18)20-3/h7-8,10,14H,4-6,9,11H2,1-3H3. The molecule has 0 saturated carbocycles. The first-order chi connectivity index (χ1) is 9.65. The van der Waals surface area contributed by atoms with Crippen molar-refractivity contribution in [3.8, 4) is 5.75 Å². The van der Waals surface area contributed by atoms with Gasteiger partial charge in [-0.25, -0.2) is 0 Å².